The van der Waals surface area contributed by atoms with Crippen molar-refractivity contribution in [2.45, 2.75) is 24.5 Å². The van der Waals surface area contributed by atoms with E-state index in [-0.39, 0.29) is 5.56 Å². The second kappa shape index (κ2) is 8.59. The first kappa shape index (κ1) is 20.0. The zero-order chi connectivity index (χ0) is 21.1. The molecule has 1 N–H and O–H groups in total. The molecule has 0 fully saturated rings. The van der Waals surface area contributed by atoms with Crippen LogP contribution in [0.4, 0.5) is 10.1 Å². The lowest BCUT2D eigenvalue weighted by Crippen LogP contribution is -2.14. The third-order valence-electron chi connectivity index (χ3n) is 4.63. The number of hydrogen-bond donors (Lipinski definition) is 1. The Kier molecular flexibility index (Phi) is 5.72. The molecule has 5 nitrogen and oxygen atoms in total. The van der Waals surface area contributed by atoms with Crippen LogP contribution in [0.15, 0.2) is 65.8 Å². The largest absolute Gasteiger partial charge is 0.322 e. The van der Waals surface area contributed by atoms with Crippen LogP contribution in [0.3, 0.4) is 0 Å². The highest BCUT2D eigenvalue weighted by molar-refractivity contribution is 7.98. The normalized spacial score (nSPS) is 10.9. The molecule has 0 bridgehead atoms. The van der Waals surface area contributed by atoms with Gasteiger partial charge in [-0.2, -0.15) is 0 Å². The molecule has 4 rings (SSSR count). The van der Waals surface area contributed by atoms with Gasteiger partial charge in [0.1, 0.15) is 11.3 Å². The van der Waals surface area contributed by atoms with Crippen LogP contribution in [0, 0.1) is 19.7 Å². The number of pyridine rings is 1. The van der Waals surface area contributed by atoms with Crippen LogP contribution in [0.1, 0.15) is 27.3 Å². The van der Waals surface area contributed by atoms with Gasteiger partial charge in [0.15, 0.2) is 0 Å². The highest BCUT2D eigenvalue weighted by atomic mass is 32.2. The molecule has 2 heterocycles. The van der Waals surface area contributed by atoms with Gasteiger partial charge < -0.3 is 5.32 Å². The number of fused-ring (bicyclic) bond motifs is 1. The van der Waals surface area contributed by atoms with Crippen molar-refractivity contribution in [2.75, 3.05) is 5.32 Å². The van der Waals surface area contributed by atoms with Crippen LogP contribution in [-0.2, 0) is 5.75 Å². The van der Waals surface area contributed by atoms with Gasteiger partial charge >= 0.3 is 0 Å². The van der Waals surface area contributed by atoms with E-state index in [0.717, 1.165) is 16.2 Å². The fourth-order valence-corrected chi connectivity index (χ4v) is 3.79. The molecule has 0 aliphatic rings. The number of hydrogen-bond acceptors (Lipinski definition) is 5. The van der Waals surface area contributed by atoms with E-state index < -0.39 is 11.7 Å². The van der Waals surface area contributed by atoms with Crippen molar-refractivity contribution in [3.8, 4) is 0 Å². The van der Waals surface area contributed by atoms with E-state index in [1.54, 1.807) is 24.9 Å². The van der Waals surface area contributed by atoms with Gasteiger partial charge in [-0.1, -0.05) is 6.07 Å². The number of anilines is 1. The van der Waals surface area contributed by atoms with E-state index in [0.29, 0.717) is 28.1 Å². The molecule has 0 aliphatic carbocycles. The number of halogens is 1. The summed E-state index contributed by atoms with van der Waals surface area (Å²) < 4.78 is 14.1. The van der Waals surface area contributed by atoms with E-state index in [9.17, 15) is 9.18 Å². The lowest BCUT2D eigenvalue weighted by atomic mass is 10.1. The number of aryl methyl sites for hydroxylation is 2. The zero-order valence-corrected chi connectivity index (χ0v) is 17.3. The van der Waals surface area contributed by atoms with E-state index in [1.165, 1.54) is 12.1 Å². The number of aromatic nitrogens is 3. The molecule has 2 aromatic carbocycles. The molecule has 0 saturated carbocycles. The fourth-order valence-electron chi connectivity index (χ4n) is 2.95. The van der Waals surface area contributed by atoms with Gasteiger partial charge in [0, 0.05) is 34.8 Å². The number of amides is 1. The van der Waals surface area contributed by atoms with Crippen LogP contribution < -0.4 is 5.32 Å². The topological polar surface area (TPSA) is 67.8 Å². The molecular weight excluding hydrogens is 399 g/mol. The summed E-state index contributed by atoms with van der Waals surface area (Å²) in [6, 6.07) is 14.0. The molecule has 0 aliphatic heterocycles. The summed E-state index contributed by atoms with van der Waals surface area (Å²) in [4.78, 5) is 26.8. The third-order valence-corrected chi connectivity index (χ3v) is 5.71. The quantitative estimate of drug-likeness (QED) is 0.444. The maximum absolute atomic E-state index is 14.1. The molecule has 4 aromatic rings. The Hall–Kier alpha value is -3.32. The number of benzene rings is 2. The van der Waals surface area contributed by atoms with Gasteiger partial charge in [-0.15, -0.1) is 11.8 Å². The van der Waals surface area contributed by atoms with Crippen molar-refractivity contribution in [1.82, 2.24) is 15.0 Å². The number of nitrogens with zero attached hydrogens (tertiary/aromatic N) is 3. The molecule has 150 valence electrons. The van der Waals surface area contributed by atoms with E-state index in [1.807, 2.05) is 49.5 Å². The van der Waals surface area contributed by atoms with Crippen molar-refractivity contribution in [2.24, 2.45) is 0 Å². The summed E-state index contributed by atoms with van der Waals surface area (Å²) in [5, 5.41) is 2.82. The fraction of sp³-hybridized carbons (Fsp3) is 0.130. The zero-order valence-electron chi connectivity index (χ0n) is 16.5. The maximum atomic E-state index is 14.1. The van der Waals surface area contributed by atoms with Gasteiger partial charge in [0.2, 0.25) is 0 Å². The van der Waals surface area contributed by atoms with Crippen molar-refractivity contribution in [3.63, 3.8) is 0 Å². The summed E-state index contributed by atoms with van der Waals surface area (Å²) >= 11 is 1.68. The second-order valence-corrected chi connectivity index (χ2v) is 7.89. The lowest BCUT2D eigenvalue weighted by molar-refractivity contribution is 0.102. The Morgan fingerprint density at radius 1 is 1.07 bits per heavy atom. The summed E-state index contributed by atoms with van der Waals surface area (Å²) in [6.45, 7) is 3.62. The van der Waals surface area contributed by atoms with Crippen LogP contribution in [-0.4, -0.2) is 20.9 Å². The summed E-state index contributed by atoms with van der Waals surface area (Å²) in [5.41, 5.74) is 4.10. The second-order valence-electron chi connectivity index (χ2n) is 6.84. The van der Waals surface area contributed by atoms with Gasteiger partial charge in [-0.3, -0.25) is 9.78 Å². The average Bonchev–Trinajstić information content (AvgIpc) is 2.74. The van der Waals surface area contributed by atoms with Crippen molar-refractivity contribution < 1.29 is 9.18 Å². The Bertz CT molecular complexity index is 1210. The van der Waals surface area contributed by atoms with Crippen molar-refractivity contribution in [1.29, 1.82) is 0 Å². The molecule has 30 heavy (non-hydrogen) atoms. The summed E-state index contributed by atoms with van der Waals surface area (Å²) in [7, 11) is 0. The number of carbonyl (C=O) groups is 1. The minimum atomic E-state index is -0.521. The van der Waals surface area contributed by atoms with Gasteiger partial charge in [-0.25, -0.2) is 14.4 Å². The number of rotatable bonds is 5. The number of nitrogens with one attached hydrogen (secondary N) is 1. The highest BCUT2D eigenvalue weighted by Gasteiger charge is 2.16. The predicted molar refractivity (Wildman–Crippen MR) is 117 cm³/mol. The Morgan fingerprint density at radius 3 is 2.57 bits per heavy atom. The minimum absolute atomic E-state index is 0.163. The summed E-state index contributed by atoms with van der Waals surface area (Å²) in [5.74, 6) is -0.133. The molecule has 2 aromatic heterocycles. The smallest absolute Gasteiger partial charge is 0.258 e. The highest BCUT2D eigenvalue weighted by Crippen LogP contribution is 2.25. The van der Waals surface area contributed by atoms with Crippen LogP contribution in [0.5, 0.6) is 0 Å². The Morgan fingerprint density at radius 2 is 1.83 bits per heavy atom. The van der Waals surface area contributed by atoms with Gasteiger partial charge in [0.25, 0.3) is 5.91 Å². The van der Waals surface area contributed by atoms with Crippen molar-refractivity contribution in [3.05, 3.63) is 89.3 Å². The Balaban J connectivity index is 1.51. The first-order chi connectivity index (χ1) is 14.5. The van der Waals surface area contributed by atoms with Crippen LogP contribution >= 0.6 is 11.8 Å². The van der Waals surface area contributed by atoms with Crippen LogP contribution in [0.25, 0.3) is 11.0 Å². The summed E-state index contributed by atoms with van der Waals surface area (Å²) in [6.07, 6.45) is 3.60. The van der Waals surface area contributed by atoms with Crippen molar-refractivity contribution >= 4 is 34.4 Å². The molecule has 0 saturated heterocycles. The minimum Gasteiger partial charge on any atom is -0.322 e. The first-order valence-corrected chi connectivity index (χ1v) is 10.4. The van der Waals surface area contributed by atoms with Crippen LogP contribution in [0.2, 0.25) is 0 Å². The number of carbonyl (C=O) groups excluding carboxylic acids is 1. The predicted octanol–water partition coefficient (Wildman–Crippen LogP) is 5.33. The molecule has 0 unspecified atom stereocenters. The monoisotopic (exact) mass is 418 g/mol. The maximum Gasteiger partial charge on any atom is 0.258 e. The SMILES string of the molecule is Cc1nc2cc(F)cc(C(=O)Nc3ccc(SCc4cccnc4)cc3)c2nc1C. The van der Waals surface area contributed by atoms with E-state index in [2.05, 4.69) is 20.3 Å². The molecule has 7 heteroatoms. The van der Waals surface area contributed by atoms with E-state index >= 15 is 0 Å². The number of thioether (sulfide) groups is 1. The van der Waals surface area contributed by atoms with Gasteiger partial charge in [0.05, 0.1) is 22.5 Å². The standard InChI is InChI=1S/C23H19FN4OS/c1-14-15(2)27-22-20(10-17(24)11-21(22)26-14)23(29)28-18-5-7-19(8-6-18)30-13-16-4-3-9-25-12-16/h3-12H,13H2,1-2H3,(H,28,29). The Labute approximate surface area is 177 Å². The average molecular weight is 418 g/mol. The molecular formula is C23H19FN4OS. The first-order valence-electron chi connectivity index (χ1n) is 9.37. The third kappa shape index (κ3) is 4.46. The molecule has 1 amide bonds. The molecule has 0 spiro atoms. The van der Waals surface area contributed by atoms with E-state index in [4.69, 9.17) is 0 Å². The molecule has 0 atom stereocenters. The van der Waals surface area contributed by atoms with Gasteiger partial charge in [-0.05, 0) is 55.8 Å². The molecule has 0 radical (unpaired) electrons. The lowest BCUT2D eigenvalue weighted by Gasteiger charge is -2.10.